The number of fused-ring (bicyclic) bond motifs is 2. The third kappa shape index (κ3) is 3.80. The van der Waals surface area contributed by atoms with Crippen molar-refractivity contribution in [2.24, 2.45) is 23.2 Å². The molecular formula is C18H26F3NO3. The molecule has 0 aromatic rings. The number of hydrogen-bond donors (Lipinski definition) is 0. The second kappa shape index (κ2) is 6.16. The van der Waals surface area contributed by atoms with Crippen LogP contribution < -0.4 is 0 Å². The van der Waals surface area contributed by atoms with Gasteiger partial charge < -0.3 is 9.64 Å². The number of ether oxygens (including phenoxy) is 1. The van der Waals surface area contributed by atoms with E-state index in [1.54, 1.807) is 20.8 Å². The first-order chi connectivity index (χ1) is 11.5. The van der Waals surface area contributed by atoms with Crippen molar-refractivity contribution in [3.63, 3.8) is 0 Å². The molecule has 25 heavy (non-hydrogen) atoms. The summed E-state index contributed by atoms with van der Waals surface area (Å²) in [7, 11) is 0. The lowest BCUT2D eigenvalue weighted by molar-refractivity contribution is -0.180. The largest absolute Gasteiger partial charge is 0.459 e. The number of alkyl halides is 3. The average Bonchev–Trinajstić information content (AvgIpc) is 2.76. The highest BCUT2D eigenvalue weighted by atomic mass is 19.4. The molecule has 4 bridgehead atoms. The molecule has 142 valence electrons. The maximum absolute atomic E-state index is 12.7. The molecule has 5 rings (SSSR count). The Morgan fingerprint density at radius 1 is 1.08 bits per heavy atom. The highest BCUT2D eigenvalue weighted by Crippen LogP contribution is 2.49. The Balaban J connectivity index is 1.85. The zero-order valence-electron chi connectivity index (χ0n) is 14.9. The van der Waals surface area contributed by atoms with Crippen LogP contribution >= 0.6 is 0 Å². The molecule has 2 aliphatic heterocycles. The quantitative estimate of drug-likeness (QED) is 0.707. The fraction of sp³-hybridized carbons (Fsp3) is 0.889. The molecule has 0 radical (unpaired) electrons. The molecule has 0 aromatic carbocycles. The highest BCUT2D eigenvalue weighted by molar-refractivity contribution is 5.78. The van der Waals surface area contributed by atoms with Crippen LogP contribution in [0.15, 0.2) is 0 Å². The SMILES string of the molecule is CC(C)(C)C(=O)O[C@@H]1C2[C@@H]3CC[C@H]1CC(C3)CN2C(=O)CC(F)(F)F. The van der Waals surface area contributed by atoms with Gasteiger partial charge in [-0.1, -0.05) is 0 Å². The molecule has 0 aromatic heterocycles. The smallest absolute Gasteiger partial charge is 0.397 e. The normalized spacial score (nSPS) is 34.8. The number of nitrogens with zero attached hydrogens (tertiary/aromatic N) is 1. The van der Waals surface area contributed by atoms with Gasteiger partial charge in [-0.2, -0.15) is 13.2 Å². The van der Waals surface area contributed by atoms with Crippen molar-refractivity contribution >= 4 is 11.9 Å². The van der Waals surface area contributed by atoms with Gasteiger partial charge in [0.05, 0.1) is 11.5 Å². The second-order valence-electron chi connectivity index (χ2n) is 8.88. The van der Waals surface area contributed by atoms with Crippen LogP contribution in [-0.4, -0.2) is 41.6 Å². The maximum atomic E-state index is 12.7. The van der Waals surface area contributed by atoms with E-state index in [9.17, 15) is 22.8 Å². The molecule has 5 fully saturated rings. The predicted octanol–water partition coefficient (Wildman–Crippen LogP) is 3.54. The van der Waals surface area contributed by atoms with E-state index in [0.29, 0.717) is 6.54 Å². The minimum absolute atomic E-state index is 0.132. The molecule has 5 atom stereocenters. The first-order valence-electron chi connectivity index (χ1n) is 9.03. The van der Waals surface area contributed by atoms with E-state index in [1.807, 2.05) is 0 Å². The topological polar surface area (TPSA) is 46.6 Å². The van der Waals surface area contributed by atoms with E-state index in [4.69, 9.17) is 4.74 Å². The van der Waals surface area contributed by atoms with Crippen LogP contribution in [0.3, 0.4) is 0 Å². The Morgan fingerprint density at radius 3 is 2.28 bits per heavy atom. The average molecular weight is 361 g/mol. The van der Waals surface area contributed by atoms with Crippen molar-refractivity contribution in [3.05, 3.63) is 0 Å². The van der Waals surface area contributed by atoms with Gasteiger partial charge >= 0.3 is 12.1 Å². The highest BCUT2D eigenvalue weighted by Gasteiger charge is 2.54. The molecule has 0 N–H and O–H groups in total. The molecular weight excluding hydrogens is 335 g/mol. The minimum atomic E-state index is -4.51. The Morgan fingerprint density at radius 2 is 1.68 bits per heavy atom. The Hall–Kier alpha value is -1.27. The van der Waals surface area contributed by atoms with Crippen LogP contribution in [0.1, 0.15) is 52.9 Å². The van der Waals surface area contributed by atoms with E-state index in [-0.39, 0.29) is 23.7 Å². The van der Waals surface area contributed by atoms with Gasteiger partial charge in [0.2, 0.25) is 5.91 Å². The lowest BCUT2D eigenvalue weighted by atomic mass is 9.75. The lowest BCUT2D eigenvalue weighted by Crippen LogP contribution is -2.58. The molecule has 2 saturated heterocycles. The van der Waals surface area contributed by atoms with Gasteiger partial charge in [-0.25, -0.2) is 0 Å². The molecule has 0 spiro atoms. The van der Waals surface area contributed by atoms with Crippen molar-refractivity contribution < 1.29 is 27.5 Å². The van der Waals surface area contributed by atoms with E-state index in [2.05, 4.69) is 0 Å². The number of hydrogen-bond acceptors (Lipinski definition) is 3. The van der Waals surface area contributed by atoms with Crippen molar-refractivity contribution in [3.8, 4) is 0 Å². The van der Waals surface area contributed by atoms with E-state index < -0.39 is 36.1 Å². The summed E-state index contributed by atoms with van der Waals surface area (Å²) in [5.74, 6) is -0.747. The third-order valence-corrected chi connectivity index (χ3v) is 5.81. The summed E-state index contributed by atoms with van der Waals surface area (Å²) in [5.41, 5.74) is -0.676. The summed E-state index contributed by atoms with van der Waals surface area (Å²) in [6, 6.07) is -0.404. The van der Waals surface area contributed by atoms with Gasteiger partial charge in [0.25, 0.3) is 0 Å². The number of esters is 1. The summed E-state index contributed by atoms with van der Waals surface area (Å²) in [6.07, 6.45) is -2.88. The number of piperidine rings is 1. The van der Waals surface area contributed by atoms with Gasteiger partial charge in [0.1, 0.15) is 12.5 Å². The first kappa shape index (κ1) is 18.5. The molecule has 2 heterocycles. The Bertz CT molecular complexity index is 555. The van der Waals surface area contributed by atoms with Crippen LogP contribution in [0.2, 0.25) is 0 Å². The van der Waals surface area contributed by atoms with Crippen molar-refractivity contribution in [1.29, 1.82) is 0 Å². The van der Waals surface area contributed by atoms with Gasteiger partial charge in [-0.3, -0.25) is 9.59 Å². The summed E-state index contributed by atoms with van der Waals surface area (Å²) < 4.78 is 44.0. The fourth-order valence-corrected chi connectivity index (χ4v) is 4.76. The van der Waals surface area contributed by atoms with Crippen molar-refractivity contribution in [2.75, 3.05) is 6.54 Å². The van der Waals surface area contributed by atoms with Crippen LogP contribution in [0.5, 0.6) is 0 Å². The zero-order valence-corrected chi connectivity index (χ0v) is 14.9. The van der Waals surface area contributed by atoms with Gasteiger partial charge in [-0.15, -0.1) is 0 Å². The Kier molecular flexibility index (Phi) is 4.57. The molecule has 3 saturated carbocycles. The van der Waals surface area contributed by atoms with Gasteiger partial charge in [0.15, 0.2) is 0 Å². The summed E-state index contributed by atoms with van der Waals surface area (Å²) in [5, 5.41) is 0. The number of rotatable bonds is 2. The summed E-state index contributed by atoms with van der Waals surface area (Å²) >= 11 is 0. The first-order valence-corrected chi connectivity index (χ1v) is 9.03. The third-order valence-electron chi connectivity index (χ3n) is 5.81. The summed E-state index contributed by atoms with van der Waals surface area (Å²) in [4.78, 5) is 26.1. The van der Waals surface area contributed by atoms with Gasteiger partial charge in [0, 0.05) is 6.54 Å². The lowest BCUT2D eigenvalue weighted by Gasteiger charge is -2.47. The standard InChI is InChI=1S/C18H26F3NO3/c1-17(2,3)16(24)25-15-12-5-4-11-6-10(7-12)9-22(14(11)15)13(23)8-18(19,20)21/h10-12,14-15H,4-9H2,1-3H3/t10?,11-,12+,14?,15+/m1/s1. The van der Waals surface area contributed by atoms with E-state index in [0.717, 1.165) is 25.7 Å². The van der Waals surface area contributed by atoms with Gasteiger partial charge in [-0.05, 0) is 64.2 Å². The fourth-order valence-electron chi connectivity index (χ4n) is 4.76. The number of carbonyl (C=O) groups is 2. The molecule has 1 amide bonds. The van der Waals surface area contributed by atoms with Crippen molar-refractivity contribution in [1.82, 2.24) is 4.90 Å². The summed E-state index contributed by atoms with van der Waals surface area (Å²) in [6.45, 7) is 5.63. The zero-order chi connectivity index (χ0) is 18.6. The number of amides is 1. The van der Waals surface area contributed by atoms with E-state index in [1.165, 1.54) is 4.90 Å². The molecule has 2 unspecified atom stereocenters. The minimum Gasteiger partial charge on any atom is -0.459 e. The van der Waals surface area contributed by atoms with Crippen LogP contribution in [0.4, 0.5) is 13.2 Å². The molecule has 3 aliphatic carbocycles. The number of halogens is 3. The number of carbonyl (C=O) groups excluding carboxylic acids is 2. The molecule has 4 nitrogen and oxygen atoms in total. The van der Waals surface area contributed by atoms with Crippen molar-refractivity contribution in [2.45, 2.75) is 71.2 Å². The Labute approximate surface area is 146 Å². The van der Waals surface area contributed by atoms with E-state index >= 15 is 0 Å². The maximum Gasteiger partial charge on any atom is 0.397 e. The van der Waals surface area contributed by atoms with Crippen LogP contribution in [-0.2, 0) is 14.3 Å². The predicted molar refractivity (Wildman–Crippen MR) is 84.4 cm³/mol. The molecule has 7 heteroatoms. The second-order valence-corrected chi connectivity index (χ2v) is 8.88. The van der Waals surface area contributed by atoms with Crippen LogP contribution in [0.25, 0.3) is 0 Å². The molecule has 5 aliphatic rings. The van der Waals surface area contributed by atoms with Crippen LogP contribution in [0, 0.1) is 23.2 Å². The monoisotopic (exact) mass is 361 g/mol.